The average molecular weight is 329 g/mol. The second-order valence-electron chi connectivity index (χ2n) is 4.51. The number of hydrogen-bond acceptors (Lipinski definition) is 1. The highest BCUT2D eigenvalue weighted by atomic mass is 35.5. The van der Waals surface area contributed by atoms with Crippen molar-refractivity contribution in [2.24, 2.45) is 0 Å². The molecule has 0 bridgehead atoms. The van der Waals surface area contributed by atoms with E-state index in [4.69, 9.17) is 11.6 Å². The maximum Gasteiger partial charge on any atom is 0.416 e. The summed E-state index contributed by atoms with van der Waals surface area (Å²) in [5.74, 6) is 0. The van der Waals surface area contributed by atoms with Gasteiger partial charge in [-0.05, 0) is 42.0 Å². The molecule has 7 heteroatoms. The van der Waals surface area contributed by atoms with Crippen LogP contribution in [-0.4, -0.2) is 6.03 Å². The van der Waals surface area contributed by atoms with Crippen LogP contribution in [0.5, 0.6) is 0 Å². The second-order valence-corrected chi connectivity index (χ2v) is 4.95. The topological polar surface area (TPSA) is 41.1 Å². The minimum Gasteiger partial charge on any atom is -0.334 e. The predicted octanol–water partition coefficient (Wildman–Crippen LogP) is 4.68. The Bertz CT molecular complexity index is 639. The number of hydrogen-bond donors (Lipinski definition) is 2. The first-order valence-corrected chi connectivity index (χ1v) is 6.69. The number of anilines is 1. The van der Waals surface area contributed by atoms with Crippen LogP contribution in [0, 0.1) is 0 Å². The van der Waals surface area contributed by atoms with Crippen molar-refractivity contribution in [1.29, 1.82) is 0 Å². The minimum atomic E-state index is -4.39. The lowest BCUT2D eigenvalue weighted by Crippen LogP contribution is -2.28. The third-order valence-electron chi connectivity index (χ3n) is 2.84. The molecule has 0 saturated heterocycles. The molecule has 0 aliphatic rings. The Hall–Kier alpha value is -2.21. The van der Waals surface area contributed by atoms with Crippen molar-refractivity contribution in [3.63, 3.8) is 0 Å². The van der Waals surface area contributed by atoms with Gasteiger partial charge >= 0.3 is 12.2 Å². The molecule has 0 spiro atoms. The van der Waals surface area contributed by atoms with Gasteiger partial charge in [-0.3, -0.25) is 0 Å². The van der Waals surface area contributed by atoms with Gasteiger partial charge in [0.15, 0.2) is 0 Å². The zero-order chi connectivity index (χ0) is 16.2. The summed E-state index contributed by atoms with van der Waals surface area (Å²) in [6.45, 7) is 0.281. The highest BCUT2D eigenvalue weighted by Crippen LogP contribution is 2.29. The molecule has 0 saturated carbocycles. The monoisotopic (exact) mass is 328 g/mol. The van der Waals surface area contributed by atoms with Gasteiger partial charge in [-0.1, -0.05) is 23.7 Å². The van der Waals surface area contributed by atoms with Crippen LogP contribution in [0.15, 0.2) is 48.5 Å². The number of carbonyl (C=O) groups excluding carboxylic acids is 1. The van der Waals surface area contributed by atoms with Gasteiger partial charge in [0, 0.05) is 17.3 Å². The first-order valence-electron chi connectivity index (χ1n) is 6.31. The predicted molar refractivity (Wildman–Crippen MR) is 78.8 cm³/mol. The molecule has 2 N–H and O–H groups in total. The summed E-state index contributed by atoms with van der Waals surface area (Å²) in [6.07, 6.45) is -4.39. The van der Waals surface area contributed by atoms with E-state index >= 15 is 0 Å². The SMILES string of the molecule is O=C(NCc1ccc(Cl)cc1)Nc1ccc(C(F)(F)F)cc1. The fraction of sp³-hybridized carbons (Fsp3) is 0.133. The number of nitrogens with one attached hydrogen (secondary N) is 2. The average Bonchev–Trinajstić information content (AvgIpc) is 2.46. The number of rotatable bonds is 3. The summed E-state index contributed by atoms with van der Waals surface area (Å²) in [4.78, 5) is 11.7. The van der Waals surface area contributed by atoms with E-state index in [0.29, 0.717) is 5.02 Å². The molecule has 0 atom stereocenters. The van der Waals surface area contributed by atoms with E-state index in [0.717, 1.165) is 17.7 Å². The summed E-state index contributed by atoms with van der Waals surface area (Å²) in [6, 6.07) is 10.6. The van der Waals surface area contributed by atoms with Crippen LogP contribution in [0.4, 0.5) is 23.7 Å². The van der Waals surface area contributed by atoms with Crippen molar-refractivity contribution in [3.05, 3.63) is 64.7 Å². The fourth-order valence-electron chi connectivity index (χ4n) is 1.70. The summed E-state index contributed by atoms with van der Waals surface area (Å²) in [5.41, 5.74) is 0.369. The van der Waals surface area contributed by atoms with Gasteiger partial charge in [0.25, 0.3) is 0 Å². The third kappa shape index (κ3) is 4.66. The van der Waals surface area contributed by atoms with E-state index in [9.17, 15) is 18.0 Å². The quantitative estimate of drug-likeness (QED) is 0.844. The van der Waals surface area contributed by atoms with Gasteiger partial charge in [-0.25, -0.2) is 4.79 Å². The molecule has 0 radical (unpaired) electrons. The van der Waals surface area contributed by atoms with E-state index in [1.807, 2.05) is 0 Å². The Morgan fingerprint density at radius 1 is 1.00 bits per heavy atom. The highest BCUT2D eigenvalue weighted by molar-refractivity contribution is 6.30. The smallest absolute Gasteiger partial charge is 0.334 e. The molecule has 2 rings (SSSR count). The normalized spacial score (nSPS) is 11.1. The van der Waals surface area contributed by atoms with Crippen LogP contribution in [-0.2, 0) is 12.7 Å². The number of halogens is 4. The van der Waals surface area contributed by atoms with Gasteiger partial charge in [0.1, 0.15) is 0 Å². The summed E-state index contributed by atoms with van der Waals surface area (Å²) >= 11 is 5.75. The Morgan fingerprint density at radius 3 is 2.14 bits per heavy atom. The first-order chi connectivity index (χ1) is 10.3. The van der Waals surface area contributed by atoms with Crippen LogP contribution in [0.2, 0.25) is 5.02 Å². The molecule has 2 aromatic carbocycles. The second kappa shape index (κ2) is 6.70. The fourth-order valence-corrected chi connectivity index (χ4v) is 1.83. The number of urea groups is 1. The molecule has 2 amide bonds. The summed E-state index contributed by atoms with van der Waals surface area (Å²) < 4.78 is 37.2. The van der Waals surface area contributed by atoms with Crippen LogP contribution in [0.25, 0.3) is 0 Å². The lowest BCUT2D eigenvalue weighted by atomic mass is 10.2. The van der Waals surface area contributed by atoms with Crippen molar-refractivity contribution >= 4 is 23.3 Å². The molecule has 0 unspecified atom stereocenters. The number of benzene rings is 2. The lowest BCUT2D eigenvalue weighted by Gasteiger charge is -2.10. The summed E-state index contributed by atoms with van der Waals surface area (Å²) in [5, 5.41) is 5.65. The van der Waals surface area contributed by atoms with Crippen molar-refractivity contribution in [1.82, 2.24) is 5.32 Å². The Labute approximate surface area is 130 Å². The number of alkyl halides is 3. The Balaban J connectivity index is 1.88. The molecule has 116 valence electrons. The minimum absolute atomic E-state index is 0.279. The molecule has 0 heterocycles. The lowest BCUT2D eigenvalue weighted by molar-refractivity contribution is -0.137. The molecule has 0 aliphatic carbocycles. The Kier molecular flexibility index (Phi) is 4.92. The van der Waals surface area contributed by atoms with Crippen molar-refractivity contribution in [2.75, 3.05) is 5.32 Å². The van der Waals surface area contributed by atoms with Gasteiger partial charge in [-0.2, -0.15) is 13.2 Å². The van der Waals surface area contributed by atoms with E-state index in [1.165, 1.54) is 12.1 Å². The molecule has 3 nitrogen and oxygen atoms in total. The molecule has 0 fully saturated rings. The van der Waals surface area contributed by atoms with Crippen LogP contribution >= 0.6 is 11.6 Å². The van der Waals surface area contributed by atoms with Crippen molar-refractivity contribution in [3.8, 4) is 0 Å². The zero-order valence-corrected chi connectivity index (χ0v) is 12.0. The largest absolute Gasteiger partial charge is 0.416 e. The maximum absolute atomic E-state index is 12.4. The van der Waals surface area contributed by atoms with Crippen LogP contribution in [0.1, 0.15) is 11.1 Å². The number of amides is 2. The van der Waals surface area contributed by atoms with E-state index in [2.05, 4.69) is 10.6 Å². The Morgan fingerprint density at radius 2 is 1.59 bits per heavy atom. The number of carbonyl (C=O) groups is 1. The van der Waals surface area contributed by atoms with Crippen molar-refractivity contribution < 1.29 is 18.0 Å². The molecule has 22 heavy (non-hydrogen) atoms. The summed E-state index contributed by atoms with van der Waals surface area (Å²) in [7, 11) is 0. The van der Waals surface area contributed by atoms with Gasteiger partial charge in [-0.15, -0.1) is 0 Å². The van der Waals surface area contributed by atoms with Gasteiger partial charge in [0.05, 0.1) is 5.56 Å². The van der Waals surface area contributed by atoms with Crippen LogP contribution in [0.3, 0.4) is 0 Å². The molecular weight excluding hydrogens is 317 g/mol. The van der Waals surface area contributed by atoms with E-state index in [-0.39, 0.29) is 12.2 Å². The third-order valence-corrected chi connectivity index (χ3v) is 3.09. The van der Waals surface area contributed by atoms with Gasteiger partial charge in [0.2, 0.25) is 0 Å². The molecule has 0 aliphatic heterocycles. The van der Waals surface area contributed by atoms with E-state index < -0.39 is 17.8 Å². The van der Waals surface area contributed by atoms with E-state index in [1.54, 1.807) is 24.3 Å². The van der Waals surface area contributed by atoms with Gasteiger partial charge < -0.3 is 10.6 Å². The van der Waals surface area contributed by atoms with Crippen LogP contribution < -0.4 is 10.6 Å². The maximum atomic E-state index is 12.4. The first kappa shape index (κ1) is 16.2. The molecule has 0 aromatic heterocycles. The molecular formula is C15H12ClF3N2O. The van der Waals surface area contributed by atoms with Crippen molar-refractivity contribution in [2.45, 2.75) is 12.7 Å². The zero-order valence-electron chi connectivity index (χ0n) is 11.2. The molecule has 2 aromatic rings. The standard InChI is InChI=1S/C15H12ClF3N2O/c16-12-5-1-10(2-6-12)9-20-14(22)21-13-7-3-11(4-8-13)15(17,18)19/h1-8H,9H2,(H2,20,21,22). The highest BCUT2D eigenvalue weighted by Gasteiger charge is 2.29.